The quantitative estimate of drug-likeness (QED) is 0.558. The van der Waals surface area contributed by atoms with Crippen molar-refractivity contribution in [1.82, 2.24) is 4.90 Å². The maximum absolute atomic E-state index is 13.0. The summed E-state index contributed by atoms with van der Waals surface area (Å²) >= 11 is 0. The lowest BCUT2D eigenvalue weighted by molar-refractivity contribution is -0.146. The first-order valence-electron chi connectivity index (χ1n) is 11.9. The summed E-state index contributed by atoms with van der Waals surface area (Å²) < 4.78 is 11.9. The molecule has 1 aliphatic heterocycles. The SMILES string of the molecule is CCOC1(C(=O)Nc2ccc(OCCCN3CCCCC3C)cc2)CCC(C)CC1. The van der Waals surface area contributed by atoms with Crippen LogP contribution in [-0.4, -0.2) is 48.8 Å². The van der Waals surface area contributed by atoms with Gasteiger partial charge in [-0.2, -0.15) is 0 Å². The van der Waals surface area contributed by atoms with E-state index < -0.39 is 5.60 Å². The molecule has 0 bridgehead atoms. The fourth-order valence-electron chi connectivity index (χ4n) is 4.77. The van der Waals surface area contributed by atoms with Gasteiger partial charge in [-0.1, -0.05) is 13.3 Å². The fourth-order valence-corrected chi connectivity index (χ4v) is 4.77. The molecular formula is C25H40N2O3. The number of hydrogen-bond acceptors (Lipinski definition) is 4. The van der Waals surface area contributed by atoms with Crippen molar-refractivity contribution in [3.8, 4) is 5.75 Å². The molecule has 1 amide bonds. The van der Waals surface area contributed by atoms with E-state index >= 15 is 0 Å². The summed E-state index contributed by atoms with van der Waals surface area (Å²) in [6.07, 6.45) is 8.71. The Kier molecular flexibility index (Phi) is 8.58. The van der Waals surface area contributed by atoms with Crippen molar-refractivity contribution >= 4 is 11.6 Å². The molecule has 1 atom stereocenters. The number of amides is 1. The summed E-state index contributed by atoms with van der Waals surface area (Å²) in [4.78, 5) is 15.6. The molecule has 2 aliphatic rings. The molecule has 1 saturated heterocycles. The molecule has 2 fully saturated rings. The van der Waals surface area contributed by atoms with Crippen molar-refractivity contribution in [2.24, 2.45) is 5.92 Å². The average molecular weight is 417 g/mol. The maximum Gasteiger partial charge on any atom is 0.256 e. The van der Waals surface area contributed by atoms with Gasteiger partial charge in [0.25, 0.3) is 5.91 Å². The Bertz CT molecular complexity index is 653. The monoisotopic (exact) mass is 416 g/mol. The Balaban J connectivity index is 1.45. The smallest absolute Gasteiger partial charge is 0.256 e. The highest BCUT2D eigenvalue weighted by Crippen LogP contribution is 2.36. The number of nitrogens with zero attached hydrogens (tertiary/aromatic N) is 1. The van der Waals surface area contributed by atoms with E-state index in [1.165, 1.54) is 25.8 Å². The van der Waals surface area contributed by atoms with Crippen LogP contribution in [-0.2, 0) is 9.53 Å². The lowest BCUT2D eigenvalue weighted by Crippen LogP contribution is -2.48. The maximum atomic E-state index is 13.0. The molecule has 0 aromatic heterocycles. The molecule has 1 N–H and O–H groups in total. The Morgan fingerprint density at radius 2 is 1.87 bits per heavy atom. The Labute approximate surface area is 182 Å². The minimum atomic E-state index is -0.679. The zero-order chi connectivity index (χ0) is 21.4. The molecule has 1 unspecified atom stereocenters. The predicted molar refractivity (Wildman–Crippen MR) is 122 cm³/mol. The van der Waals surface area contributed by atoms with Gasteiger partial charge < -0.3 is 19.7 Å². The van der Waals surface area contributed by atoms with Gasteiger partial charge in [-0.25, -0.2) is 0 Å². The molecule has 5 heteroatoms. The van der Waals surface area contributed by atoms with Gasteiger partial charge in [0.2, 0.25) is 0 Å². The molecule has 30 heavy (non-hydrogen) atoms. The van der Waals surface area contributed by atoms with E-state index in [0.29, 0.717) is 18.6 Å². The van der Waals surface area contributed by atoms with Crippen molar-refractivity contribution in [3.63, 3.8) is 0 Å². The van der Waals surface area contributed by atoms with E-state index in [1.807, 2.05) is 31.2 Å². The molecule has 1 saturated carbocycles. The lowest BCUT2D eigenvalue weighted by atomic mass is 9.78. The van der Waals surface area contributed by atoms with E-state index in [0.717, 1.165) is 56.7 Å². The highest BCUT2D eigenvalue weighted by molar-refractivity contribution is 5.97. The van der Waals surface area contributed by atoms with Crippen molar-refractivity contribution in [1.29, 1.82) is 0 Å². The summed E-state index contributed by atoms with van der Waals surface area (Å²) in [6.45, 7) is 10.2. The van der Waals surface area contributed by atoms with Gasteiger partial charge in [-0.15, -0.1) is 0 Å². The van der Waals surface area contributed by atoms with Crippen molar-refractivity contribution in [3.05, 3.63) is 24.3 Å². The molecule has 1 aromatic rings. The molecular weight excluding hydrogens is 376 g/mol. The summed E-state index contributed by atoms with van der Waals surface area (Å²) in [5.41, 5.74) is 0.120. The topological polar surface area (TPSA) is 50.8 Å². The van der Waals surface area contributed by atoms with Crippen LogP contribution in [0.15, 0.2) is 24.3 Å². The lowest BCUT2D eigenvalue weighted by Gasteiger charge is -2.37. The number of rotatable bonds is 9. The van der Waals surface area contributed by atoms with Crippen LogP contribution >= 0.6 is 0 Å². The van der Waals surface area contributed by atoms with Crippen LogP contribution in [0, 0.1) is 5.92 Å². The molecule has 168 valence electrons. The average Bonchev–Trinajstić information content (AvgIpc) is 2.75. The van der Waals surface area contributed by atoms with Gasteiger partial charge in [0.1, 0.15) is 11.4 Å². The predicted octanol–water partition coefficient (Wildman–Crippen LogP) is 5.25. The molecule has 1 aromatic carbocycles. The molecule has 1 aliphatic carbocycles. The van der Waals surface area contributed by atoms with Gasteiger partial charge in [0, 0.05) is 24.9 Å². The van der Waals surface area contributed by atoms with E-state index in [-0.39, 0.29) is 5.91 Å². The second-order valence-electron chi connectivity index (χ2n) is 9.17. The van der Waals surface area contributed by atoms with Gasteiger partial charge in [-0.3, -0.25) is 4.79 Å². The Hall–Kier alpha value is -1.59. The molecule has 5 nitrogen and oxygen atoms in total. The first-order valence-corrected chi connectivity index (χ1v) is 11.9. The van der Waals surface area contributed by atoms with Crippen LogP contribution in [0.1, 0.15) is 72.1 Å². The number of ether oxygens (including phenoxy) is 2. The number of nitrogens with one attached hydrogen (secondary N) is 1. The number of likely N-dealkylation sites (tertiary alicyclic amines) is 1. The number of hydrogen-bond donors (Lipinski definition) is 1. The zero-order valence-corrected chi connectivity index (χ0v) is 19.1. The summed E-state index contributed by atoms with van der Waals surface area (Å²) in [5.74, 6) is 1.51. The molecule has 0 spiro atoms. The van der Waals surface area contributed by atoms with Crippen LogP contribution in [0.5, 0.6) is 5.75 Å². The van der Waals surface area contributed by atoms with Crippen LogP contribution < -0.4 is 10.1 Å². The highest BCUT2D eigenvalue weighted by Gasteiger charge is 2.41. The second-order valence-corrected chi connectivity index (χ2v) is 9.17. The van der Waals surface area contributed by atoms with Gasteiger partial charge in [0.05, 0.1) is 6.61 Å². The highest BCUT2D eigenvalue weighted by atomic mass is 16.5. The first kappa shape index (κ1) is 23.1. The Morgan fingerprint density at radius 3 is 2.53 bits per heavy atom. The molecule has 1 heterocycles. The fraction of sp³-hybridized carbons (Fsp3) is 0.720. The van der Waals surface area contributed by atoms with Crippen LogP contribution in [0.2, 0.25) is 0 Å². The minimum absolute atomic E-state index is 0.0134. The second kappa shape index (κ2) is 11.1. The van der Waals surface area contributed by atoms with Crippen molar-refractivity contribution < 1.29 is 14.3 Å². The minimum Gasteiger partial charge on any atom is -0.494 e. The standard InChI is InChI=1S/C25H40N2O3/c1-4-30-25(15-13-20(2)14-16-25)24(28)26-22-9-11-23(12-10-22)29-19-7-18-27-17-6-5-8-21(27)3/h9-12,20-21H,4-8,13-19H2,1-3H3,(H,26,28). The van der Waals surface area contributed by atoms with Crippen LogP contribution in [0.3, 0.4) is 0 Å². The number of anilines is 1. The molecule has 0 radical (unpaired) electrons. The van der Waals surface area contributed by atoms with Gasteiger partial charge in [-0.05, 0) is 95.5 Å². The third-order valence-electron chi connectivity index (χ3n) is 6.83. The van der Waals surface area contributed by atoms with Crippen LogP contribution in [0.4, 0.5) is 5.69 Å². The van der Waals surface area contributed by atoms with E-state index in [9.17, 15) is 4.79 Å². The van der Waals surface area contributed by atoms with E-state index in [2.05, 4.69) is 24.1 Å². The van der Waals surface area contributed by atoms with Crippen molar-refractivity contribution in [2.45, 2.75) is 83.8 Å². The first-order chi connectivity index (χ1) is 14.5. The van der Waals surface area contributed by atoms with Gasteiger partial charge in [0.15, 0.2) is 0 Å². The summed E-state index contributed by atoms with van der Waals surface area (Å²) in [5, 5.41) is 3.07. The third-order valence-corrected chi connectivity index (χ3v) is 6.83. The number of carbonyl (C=O) groups excluding carboxylic acids is 1. The number of piperidine rings is 1. The number of carbonyl (C=O) groups is 1. The van der Waals surface area contributed by atoms with Crippen molar-refractivity contribution in [2.75, 3.05) is 31.6 Å². The summed E-state index contributed by atoms with van der Waals surface area (Å²) in [7, 11) is 0. The third kappa shape index (κ3) is 6.21. The van der Waals surface area contributed by atoms with Crippen LogP contribution in [0.25, 0.3) is 0 Å². The van der Waals surface area contributed by atoms with E-state index in [1.54, 1.807) is 0 Å². The Morgan fingerprint density at radius 1 is 1.13 bits per heavy atom. The zero-order valence-electron chi connectivity index (χ0n) is 19.1. The molecule has 3 rings (SSSR count). The summed E-state index contributed by atoms with van der Waals surface area (Å²) in [6, 6.07) is 8.43. The van der Waals surface area contributed by atoms with Gasteiger partial charge >= 0.3 is 0 Å². The van der Waals surface area contributed by atoms with E-state index in [4.69, 9.17) is 9.47 Å². The number of benzene rings is 1. The largest absolute Gasteiger partial charge is 0.494 e. The normalized spacial score (nSPS) is 27.6.